The van der Waals surface area contributed by atoms with Gasteiger partial charge in [-0.15, -0.1) is 0 Å². The van der Waals surface area contributed by atoms with Crippen LogP contribution in [-0.2, 0) is 20.3 Å². The number of fused-ring (bicyclic) bond motifs is 3. The van der Waals surface area contributed by atoms with Crippen LogP contribution >= 0.6 is 31.9 Å². The van der Waals surface area contributed by atoms with Gasteiger partial charge in [0.05, 0.1) is 22.5 Å². The number of rotatable bonds is 1. The Labute approximate surface area is 125 Å². The molecule has 4 unspecified atom stereocenters. The molecule has 4 atom stereocenters. The maximum Gasteiger partial charge on any atom is 0.311 e. The summed E-state index contributed by atoms with van der Waals surface area (Å²) in [5.74, 6) is -0.541. The molecule has 0 aromatic rings. The SMILES string of the molecule is COC(=O)C1C2(C)C(Br)=C(Br)C(C)(S2=O)C12CC2. The van der Waals surface area contributed by atoms with Crippen LogP contribution in [0.25, 0.3) is 0 Å². The van der Waals surface area contributed by atoms with Crippen molar-refractivity contribution in [2.45, 2.75) is 36.2 Å². The molecule has 100 valence electrons. The van der Waals surface area contributed by atoms with E-state index in [1.165, 1.54) is 7.11 Å². The Bertz CT molecular complexity index is 525. The normalized spacial score (nSPS) is 47.8. The van der Waals surface area contributed by atoms with Gasteiger partial charge in [-0.3, -0.25) is 9.00 Å². The number of carbonyl (C=O) groups excluding carboxylic acids is 1. The Hall–Kier alpha value is 0.320. The molecule has 18 heavy (non-hydrogen) atoms. The lowest BCUT2D eigenvalue weighted by atomic mass is 9.69. The first-order chi connectivity index (χ1) is 8.28. The van der Waals surface area contributed by atoms with Gasteiger partial charge in [0.25, 0.3) is 0 Å². The van der Waals surface area contributed by atoms with E-state index in [-0.39, 0.29) is 17.3 Å². The lowest BCUT2D eigenvalue weighted by Crippen LogP contribution is -2.45. The molecule has 1 saturated heterocycles. The Morgan fingerprint density at radius 2 is 1.89 bits per heavy atom. The van der Waals surface area contributed by atoms with Gasteiger partial charge in [0.1, 0.15) is 0 Å². The summed E-state index contributed by atoms with van der Waals surface area (Å²) < 4.78 is 18.6. The van der Waals surface area contributed by atoms with Crippen molar-refractivity contribution in [2.24, 2.45) is 11.3 Å². The summed E-state index contributed by atoms with van der Waals surface area (Å²) in [5, 5.41) is 0. The second-order valence-electron chi connectivity index (χ2n) is 5.65. The summed E-state index contributed by atoms with van der Waals surface area (Å²) in [6.45, 7) is 3.92. The van der Waals surface area contributed by atoms with Crippen molar-refractivity contribution < 1.29 is 13.7 Å². The first kappa shape index (κ1) is 13.3. The maximum absolute atomic E-state index is 12.9. The van der Waals surface area contributed by atoms with E-state index < -0.39 is 20.3 Å². The fraction of sp³-hybridized carbons (Fsp3) is 0.750. The summed E-state index contributed by atoms with van der Waals surface area (Å²) in [4.78, 5) is 12.2. The number of carbonyl (C=O) groups is 1. The fourth-order valence-electron chi connectivity index (χ4n) is 3.92. The van der Waals surface area contributed by atoms with Crippen LogP contribution in [0.4, 0.5) is 0 Å². The first-order valence-corrected chi connectivity index (χ1v) is 8.58. The molecule has 0 aromatic carbocycles. The number of hydrogen-bond donors (Lipinski definition) is 0. The second-order valence-corrected chi connectivity index (χ2v) is 9.44. The summed E-state index contributed by atoms with van der Waals surface area (Å²) >= 11 is 7.14. The van der Waals surface area contributed by atoms with E-state index in [0.717, 1.165) is 21.8 Å². The highest BCUT2D eigenvalue weighted by molar-refractivity contribution is 9.14. The summed E-state index contributed by atoms with van der Waals surface area (Å²) in [5.41, 5.74) is -0.185. The van der Waals surface area contributed by atoms with Crippen molar-refractivity contribution in [2.75, 3.05) is 7.11 Å². The molecule has 3 rings (SSSR count). The zero-order valence-electron chi connectivity index (χ0n) is 10.4. The summed E-state index contributed by atoms with van der Waals surface area (Å²) in [6, 6.07) is 0. The molecule has 0 aromatic heterocycles. The van der Waals surface area contributed by atoms with Crippen molar-refractivity contribution in [3.8, 4) is 0 Å². The smallest absolute Gasteiger partial charge is 0.311 e. The molecule has 2 fully saturated rings. The number of halogens is 2. The van der Waals surface area contributed by atoms with Crippen molar-refractivity contribution in [3.63, 3.8) is 0 Å². The number of methoxy groups -OCH3 is 1. The Morgan fingerprint density at radius 3 is 2.33 bits per heavy atom. The molecular formula is C12H14Br2O3S. The van der Waals surface area contributed by atoms with Crippen LogP contribution in [0.5, 0.6) is 0 Å². The van der Waals surface area contributed by atoms with Gasteiger partial charge in [-0.2, -0.15) is 0 Å². The van der Waals surface area contributed by atoms with Gasteiger partial charge in [0.15, 0.2) is 0 Å². The lowest BCUT2D eigenvalue weighted by molar-refractivity contribution is -0.148. The van der Waals surface area contributed by atoms with E-state index in [9.17, 15) is 9.00 Å². The molecule has 2 bridgehead atoms. The molecule has 0 N–H and O–H groups in total. The molecule has 3 aliphatic rings. The highest BCUT2D eigenvalue weighted by Gasteiger charge is 2.83. The minimum Gasteiger partial charge on any atom is -0.469 e. The monoisotopic (exact) mass is 396 g/mol. The van der Waals surface area contributed by atoms with Gasteiger partial charge in [0.2, 0.25) is 0 Å². The lowest BCUT2D eigenvalue weighted by Gasteiger charge is -2.36. The minimum atomic E-state index is -1.12. The third-order valence-corrected chi connectivity index (χ3v) is 11.1. The minimum absolute atomic E-state index is 0.185. The van der Waals surface area contributed by atoms with Crippen molar-refractivity contribution in [1.82, 2.24) is 0 Å². The highest BCUT2D eigenvalue weighted by Crippen LogP contribution is 2.78. The fourth-order valence-corrected chi connectivity index (χ4v) is 9.10. The number of ether oxygens (including phenoxy) is 1. The highest BCUT2D eigenvalue weighted by atomic mass is 79.9. The van der Waals surface area contributed by atoms with Crippen LogP contribution in [-0.4, -0.2) is 26.8 Å². The van der Waals surface area contributed by atoms with Gasteiger partial charge in [-0.1, -0.05) is 31.9 Å². The van der Waals surface area contributed by atoms with E-state index in [2.05, 4.69) is 31.9 Å². The summed E-state index contributed by atoms with van der Waals surface area (Å²) in [6.07, 6.45) is 1.89. The standard InChI is InChI=1S/C12H14Br2O3S/c1-10-6(9(15)17-3)12(4-5-12)11(2,18(10)16)8(14)7(10)13/h6H,4-5H2,1-3H3. The molecule has 3 nitrogen and oxygen atoms in total. The van der Waals surface area contributed by atoms with Crippen LogP contribution in [0.2, 0.25) is 0 Å². The van der Waals surface area contributed by atoms with E-state index in [1.807, 2.05) is 13.8 Å². The molecule has 6 heteroatoms. The van der Waals surface area contributed by atoms with Crippen LogP contribution < -0.4 is 0 Å². The largest absolute Gasteiger partial charge is 0.469 e. The second kappa shape index (κ2) is 3.50. The van der Waals surface area contributed by atoms with Crippen LogP contribution in [0.15, 0.2) is 8.96 Å². The quantitative estimate of drug-likeness (QED) is 0.639. The molecule has 0 radical (unpaired) electrons. The predicted octanol–water partition coefficient (Wildman–Crippen LogP) is 2.85. The molecule has 1 spiro atoms. The van der Waals surface area contributed by atoms with Crippen molar-refractivity contribution >= 4 is 48.6 Å². The molecule has 1 saturated carbocycles. The molecule has 2 aliphatic heterocycles. The Morgan fingerprint density at radius 1 is 1.33 bits per heavy atom. The zero-order chi connectivity index (χ0) is 13.5. The Balaban J connectivity index is 2.28. The summed E-state index contributed by atoms with van der Waals surface area (Å²) in [7, 11) is 0.288. The number of esters is 1. The van der Waals surface area contributed by atoms with Gasteiger partial charge < -0.3 is 4.74 Å². The van der Waals surface area contributed by atoms with Gasteiger partial charge >= 0.3 is 5.97 Å². The van der Waals surface area contributed by atoms with Crippen molar-refractivity contribution in [1.29, 1.82) is 0 Å². The van der Waals surface area contributed by atoms with Gasteiger partial charge in [0, 0.05) is 25.2 Å². The first-order valence-electron chi connectivity index (χ1n) is 5.84. The van der Waals surface area contributed by atoms with Crippen LogP contribution in [0.3, 0.4) is 0 Å². The van der Waals surface area contributed by atoms with Crippen molar-refractivity contribution in [3.05, 3.63) is 8.96 Å². The molecule has 0 amide bonds. The Kier molecular flexibility index (Phi) is 2.59. The van der Waals surface area contributed by atoms with Crippen LogP contribution in [0, 0.1) is 11.3 Å². The average Bonchev–Trinajstić information content (AvgIpc) is 3.10. The van der Waals surface area contributed by atoms with E-state index in [4.69, 9.17) is 4.74 Å². The average molecular weight is 398 g/mol. The zero-order valence-corrected chi connectivity index (χ0v) is 14.4. The van der Waals surface area contributed by atoms with E-state index >= 15 is 0 Å². The third kappa shape index (κ3) is 1.05. The third-order valence-electron chi connectivity index (χ3n) is 5.08. The van der Waals surface area contributed by atoms with Gasteiger partial charge in [-0.05, 0) is 26.7 Å². The molecule has 1 aliphatic carbocycles. The van der Waals surface area contributed by atoms with E-state index in [1.54, 1.807) is 0 Å². The predicted molar refractivity (Wildman–Crippen MR) is 77.0 cm³/mol. The van der Waals surface area contributed by atoms with Crippen LogP contribution in [0.1, 0.15) is 26.7 Å². The number of hydrogen-bond acceptors (Lipinski definition) is 3. The molecule has 2 heterocycles. The maximum atomic E-state index is 12.9. The topological polar surface area (TPSA) is 43.4 Å². The van der Waals surface area contributed by atoms with Gasteiger partial charge in [-0.25, -0.2) is 0 Å². The van der Waals surface area contributed by atoms with E-state index in [0.29, 0.717) is 0 Å². The molecular weight excluding hydrogens is 384 g/mol.